The molecule has 1 fully saturated rings. The Morgan fingerprint density at radius 1 is 1.47 bits per heavy atom. The van der Waals surface area contributed by atoms with Crippen LogP contribution in [-0.4, -0.2) is 42.3 Å². The monoisotopic (exact) mass is 271 g/mol. The minimum absolute atomic E-state index is 0.164. The SMILES string of the molecule is OCCN(CC(F)F)c1ncccc1CNC1CC1. The van der Waals surface area contributed by atoms with Gasteiger partial charge >= 0.3 is 0 Å². The maximum Gasteiger partial charge on any atom is 0.255 e. The van der Waals surface area contributed by atoms with Gasteiger partial charge in [-0.25, -0.2) is 13.8 Å². The van der Waals surface area contributed by atoms with Crippen molar-refractivity contribution in [2.45, 2.75) is 31.9 Å². The molecular formula is C13H19F2N3O. The van der Waals surface area contributed by atoms with Crippen molar-refractivity contribution in [3.05, 3.63) is 23.9 Å². The lowest BCUT2D eigenvalue weighted by Crippen LogP contribution is -2.33. The van der Waals surface area contributed by atoms with Crippen LogP contribution in [0.3, 0.4) is 0 Å². The lowest BCUT2D eigenvalue weighted by molar-refractivity contribution is 0.152. The molecule has 0 spiro atoms. The highest BCUT2D eigenvalue weighted by Crippen LogP contribution is 2.22. The van der Waals surface area contributed by atoms with Crippen molar-refractivity contribution in [2.24, 2.45) is 0 Å². The molecule has 19 heavy (non-hydrogen) atoms. The number of nitrogens with zero attached hydrogens (tertiary/aromatic N) is 2. The van der Waals surface area contributed by atoms with Crippen molar-refractivity contribution in [1.29, 1.82) is 0 Å². The molecule has 0 radical (unpaired) electrons. The van der Waals surface area contributed by atoms with Crippen molar-refractivity contribution >= 4 is 5.82 Å². The van der Waals surface area contributed by atoms with E-state index in [4.69, 9.17) is 5.11 Å². The summed E-state index contributed by atoms with van der Waals surface area (Å²) < 4.78 is 25.2. The second-order valence-electron chi connectivity index (χ2n) is 4.70. The van der Waals surface area contributed by atoms with Crippen LogP contribution in [0.1, 0.15) is 18.4 Å². The first-order valence-electron chi connectivity index (χ1n) is 6.52. The van der Waals surface area contributed by atoms with Gasteiger partial charge in [0.1, 0.15) is 5.82 Å². The second-order valence-corrected chi connectivity index (χ2v) is 4.70. The van der Waals surface area contributed by atoms with E-state index < -0.39 is 13.0 Å². The van der Waals surface area contributed by atoms with E-state index in [1.807, 2.05) is 6.07 Å². The lowest BCUT2D eigenvalue weighted by Gasteiger charge is -2.24. The first-order chi connectivity index (χ1) is 9.20. The van der Waals surface area contributed by atoms with Gasteiger partial charge in [0.05, 0.1) is 13.2 Å². The van der Waals surface area contributed by atoms with E-state index in [2.05, 4.69) is 10.3 Å². The molecule has 0 amide bonds. The Morgan fingerprint density at radius 2 is 2.26 bits per heavy atom. The van der Waals surface area contributed by atoms with Crippen molar-refractivity contribution in [3.8, 4) is 0 Å². The molecule has 1 aliphatic rings. The van der Waals surface area contributed by atoms with E-state index in [1.54, 1.807) is 12.3 Å². The minimum Gasteiger partial charge on any atom is -0.395 e. The molecule has 1 saturated carbocycles. The highest BCUT2D eigenvalue weighted by molar-refractivity contribution is 5.46. The quantitative estimate of drug-likeness (QED) is 0.750. The van der Waals surface area contributed by atoms with E-state index in [0.29, 0.717) is 18.4 Å². The third-order valence-electron chi connectivity index (χ3n) is 3.05. The molecular weight excluding hydrogens is 252 g/mol. The zero-order valence-electron chi connectivity index (χ0n) is 10.7. The van der Waals surface area contributed by atoms with Crippen LogP contribution in [0.4, 0.5) is 14.6 Å². The normalized spacial score (nSPS) is 14.9. The van der Waals surface area contributed by atoms with Gasteiger partial charge in [0.2, 0.25) is 0 Å². The van der Waals surface area contributed by atoms with Gasteiger partial charge < -0.3 is 15.3 Å². The Bertz CT molecular complexity index is 399. The third kappa shape index (κ3) is 4.40. The fourth-order valence-electron chi connectivity index (χ4n) is 1.97. The zero-order chi connectivity index (χ0) is 13.7. The summed E-state index contributed by atoms with van der Waals surface area (Å²) in [5.41, 5.74) is 0.892. The van der Waals surface area contributed by atoms with Gasteiger partial charge in [-0.15, -0.1) is 0 Å². The Hall–Kier alpha value is -1.27. The van der Waals surface area contributed by atoms with Crippen LogP contribution in [0, 0.1) is 0 Å². The molecule has 0 aliphatic heterocycles. The number of rotatable bonds is 8. The molecule has 2 rings (SSSR count). The van der Waals surface area contributed by atoms with Gasteiger partial charge in [-0.1, -0.05) is 6.07 Å². The molecule has 2 N–H and O–H groups in total. The van der Waals surface area contributed by atoms with E-state index in [1.165, 1.54) is 17.7 Å². The van der Waals surface area contributed by atoms with Crippen LogP contribution in [0.2, 0.25) is 0 Å². The third-order valence-corrected chi connectivity index (χ3v) is 3.05. The predicted octanol–water partition coefficient (Wildman–Crippen LogP) is 1.40. The van der Waals surface area contributed by atoms with E-state index in [-0.39, 0.29) is 13.2 Å². The second kappa shape index (κ2) is 6.77. The molecule has 1 aliphatic carbocycles. The van der Waals surface area contributed by atoms with E-state index in [9.17, 15) is 8.78 Å². The van der Waals surface area contributed by atoms with Crippen LogP contribution >= 0.6 is 0 Å². The molecule has 0 aromatic carbocycles. The number of alkyl halides is 2. The Morgan fingerprint density at radius 3 is 2.89 bits per heavy atom. The Labute approximate surface area is 111 Å². The number of halogens is 2. The highest BCUT2D eigenvalue weighted by Gasteiger charge is 2.22. The molecule has 6 heteroatoms. The molecule has 0 bridgehead atoms. The summed E-state index contributed by atoms with van der Waals surface area (Å²) in [5, 5.41) is 12.3. The van der Waals surface area contributed by atoms with Gasteiger partial charge in [-0.2, -0.15) is 0 Å². The largest absolute Gasteiger partial charge is 0.395 e. The van der Waals surface area contributed by atoms with Crippen LogP contribution in [0.25, 0.3) is 0 Å². The number of hydrogen-bond donors (Lipinski definition) is 2. The standard InChI is InChI=1S/C13H19F2N3O/c14-12(15)9-18(6-7-19)13-10(2-1-5-16-13)8-17-11-3-4-11/h1-2,5,11-12,17,19H,3-4,6-9H2. The van der Waals surface area contributed by atoms with Gasteiger partial charge in [-0.05, 0) is 18.9 Å². The topological polar surface area (TPSA) is 48.4 Å². The first-order valence-corrected chi connectivity index (χ1v) is 6.52. The number of hydrogen-bond acceptors (Lipinski definition) is 4. The molecule has 0 atom stereocenters. The highest BCUT2D eigenvalue weighted by atomic mass is 19.3. The average molecular weight is 271 g/mol. The fourth-order valence-corrected chi connectivity index (χ4v) is 1.97. The smallest absolute Gasteiger partial charge is 0.255 e. The maximum absolute atomic E-state index is 12.6. The zero-order valence-corrected chi connectivity index (χ0v) is 10.7. The summed E-state index contributed by atoms with van der Waals surface area (Å²) in [7, 11) is 0. The molecule has 1 heterocycles. The molecule has 106 valence electrons. The van der Waals surface area contributed by atoms with E-state index >= 15 is 0 Å². The predicted molar refractivity (Wildman–Crippen MR) is 69.4 cm³/mol. The number of anilines is 1. The van der Waals surface area contributed by atoms with Crippen molar-refractivity contribution < 1.29 is 13.9 Å². The first kappa shape index (κ1) is 14.1. The van der Waals surface area contributed by atoms with Crippen molar-refractivity contribution in [2.75, 3.05) is 24.6 Å². The summed E-state index contributed by atoms with van der Waals surface area (Å²) >= 11 is 0. The van der Waals surface area contributed by atoms with Crippen LogP contribution in [0.5, 0.6) is 0 Å². The minimum atomic E-state index is -2.45. The van der Waals surface area contributed by atoms with E-state index in [0.717, 1.165) is 5.56 Å². The van der Waals surface area contributed by atoms with Gasteiger partial charge in [0.25, 0.3) is 6.43 Å². The molecule has 0 unspecified atom stereocenters. The van der Waals surface area contributed by atoms with Gasteiger partial charge in [0.15, 0.2) is 0 Å². The van der Waals surface area contributed by atoms with Crippen LogP contribution < -0.4 is 10.2 Å². The molecule has 1 aromatic heterocycles. The maximum atomic E-state index is 12.6. The molecule has 0 saturated heterocycles. The summed E-state index contributed by atoms with van der Waals surface area (Å²) in [5.74, 6) is 0.532. The number of aromatic nitrogens is 1. The summed E-state index contributed by atoms with van der Waals surface area (Å²) in [6.45, 7) is 0.212. The summed E-state index contributed by atoms with van der Waals surface area (Å²) in [4.78, 5) is 5.63. The lowest BCUT2D eigenvalue weighted by atomic mass is 10.2. The summed E-state index contributed by atoms with van der Waals surface area (Å²) in [6, 6.07) is 4.23. The molecule has 1 aromatic rings. The fraction of sp³-hybridized carbons (Fsp3) is 0.615. The van der Waals surface area contributed by atoms with Crippen LogP contribution in [-0.2, 0) is 6.54 Å². The number of pyridine rings is 1. The Balaban J connectivity index is 2.09. The van der Waals surface area contributed by atoms with Crippen molar-refractivity contribution in [3.63, 3.8) is 0 Å². The average Bonchev–Trinajstić information content (AvgIpc) is 3.20. The summed E-state index contributed by atoms with van der Waals surface area (Å²) in [6.07, 6.45) is 1.49. The van der Waals surface area contributed by atoms with Crippen molar-refractivity contribution in [1.82, 2.24) is 10.3 Å². The Kier molecular flexibility index (Phi) is 5.04. The molecule has 4 nitrogen and oxygen atoms in total. The van der Waals surface area contributed by atoms with Gasteiger partial charge in [-0.3, -0.25) is 0 Å². The van der Waals surface area contributed by atoms with Crippen LogP contribution in [0.15, 0.2) is 18.3 Å². The van der Waals surface area contributed by atoms with Gasteiger partial charge in [0, 0.05) is 30.9 Å². The number of aliphatic hydroxyl groups excluding tert-OH is 1. The number of nitrogens with one attached hydrogen (secondary N) is 1. The number of aliphatic hydroxyl groups is 1.